The van der Waals surface area contributed by atoms with Gasteiger partial charge in [-0.1, -0.05) is 24.3 Å². The highest BCUT2D eigenvalue weighted by Gasteiger charge is 2.23. The van der Waals surface area contributed by atoms with E-state index < -0.39 is 5.91 Å². The molecule has 1 aliphatic carbocycles. The van der Waals surface area contributed by atoms with Crippen molar-refractivity contribution in [3.63, 3.8) is 0 Å². The third kappa shape index (κ3) is 1.99. The molecule has 0 aliphatic heterocycles. The first-order chi connectivity index (χ1) is 8.65. The molecule has 1 fully saturated rings. The number of benzene rings is 1. The average molecular weight is 258 g/mol. The molecule has 1 saturated carbocycles. The predicted molar refractivity (Wildman–Crippen MR) is 74.7 cm³/mol. The molecule has 92 valence electrons. The summed E-state index contributed by atoms with van der Waals surface area (Å²) in [5.74, 6) is 0.290. The van der Waals surface area contributed by atoms with Crippen LogP contribution in [0.5, 0.6) is 0 Å². The zero-order valence-electron chi connectivity index (χ0n) is 9.85. The number of amides is 1. The second kappa shape index (κ2) is 4.14. The second-order valence-corrected chi connectivity index (χ2v) is 5.73. The molecule has 0 spiro atoms. The fraction of sp³-hybridized carbons (Fsp3) is 0.214. The van der Waals surface area contributed by atoms with Crippen LogP contribution in [0.2, 0.25) is 0 Å². The highest BCUT2D eigenvalue weighted by atomic mass is 32.1. The Bertz CT molecular complexity index is 597. The van der Waals surface area contributed by atoms with Gasteiger partial charge in [-0.25, -0.2) is 0 Å². The second-order valence-electron chi connectivity index (χ2n) is 4.65. The van der Waals surface area contributed by atoms with E-state index in [9.17, 15) is 4.79 Å². The summed E-state index contributed by atoms with van der Waals surface area (Å²) in [5.41, 5.74) is 14.0. The third-order valence-corrected chi connectivity index (χ3v) is 4.28. The van der Waals surface area contributed by atoms with Gasteiger partial charge in [-0.3, -0.25) is 4.79 Å². The summed E-state index contributed by atoms with van der Waals surface area (Å²) in [4.78, 5) is 12.2. The highest BCUT2D eigenvalue weighted by molar-refractivity contribution is 7.19. The van der Waals surface area contributed by atoms with Crippen molar-refractivity contribution in [2.45, 2.75) is 18.8 Å². The maximum atomic E-state index is 11.2. The lowest BCUT2D eigenvalue weighted by Gasteiger charge is -2.00. The Morgan fingerprint density at radius 3 is 2.39 bits per heavy atom. The first kappa shape index (κ1) is 11.3. The molecule has 0 atom stereocenters. The van der Waals surface area contributed by atoms with Crippen LogP contribution in [-0.2, 0) is 0 Å². The predicted octanol–water partition coefficient (Wildman–Crippen LogP) is 2.97. The first-order valence-corrected chi connectivity index (χ1v) is 6.76. The van der Waals surface area contributed by atoms with Gasteiger partial charge in [0.25, 0.3) is 5.91 Å². The minimum Gasteiger partial charge on any atom is -0.390 e. The molecule has 0 radical (unpaired) electrons. The molecule has 3 rings (SSSR count). The van der Waals surface area contributed by atoms with Crippen molar-refractivity contribution in [2.24, 2.45) is 5.73 Å². The van der Waals surface area contributed by atoms with Crippen LogP contribution in [0, 0.1) is 0 Å². The number of hydrogen-bond donors (Lipinski definition) is 2. The number of carbonyl (C=O) groups is 1. The molecular weight excluding hydrogens is 244 g/mol. The maximum absolute atomic E-state index is 11.2. The average Bonchev–Trinajstić information content (AvgIpc) is 3.12. The SMILES string of the molecule is NC(=O)c1cc(-c2ccc(C3CC3)cc2)sc1N. The molecule has 0 saturated heterocycles. The fourth-order valence-electron chi connectivity index (χ4n) is 2.08. The number of carbonyl (C=O) groups excluding carboxylic acids is 1. The molecule has 1 aromatic carbocycles. The van der Waals surface area contributed by atoms with E-state index in [0.717, 1.165) is 16.4 Å². The van der Waals surface area contributed by atoms with Crippen LogP contribution in [0.25, 0.3) is 10.4 Å². The Labute approximate surface area is 109 Å². The van der Waals surface area contributed by atoms with Gasteiger partial charge >= 0.3 is 0 Å². The Balaban J connectivity index is 1.93. The van der Waals surface area contributed by atoms with Crippen LogP contribution in [0.3, 0.4) is 0 Å². The normalized spacial score (nSPS) is 14.7. The van der Waals surface area contributed by atoms with Crippen LogP contribution < -0.4 is 11.5 Å². The zero-order chi connectivity index (χ0) is 12.7. The zero-order valence-corrected chi connectivity index (χ0v) is 10.7. The van der Waals surface area contributed by atoms with E-state index in [2.05, 4.69) is 24.3 Å². The van der Waals surface area contributed by atoms with Crippen LogP contribution in [0.15, 0.2) is 30.3 Å². The molecule has 1 amide bonds. The van der Waals surface area contributed by atoms with Crippen molar-refractivity contribution < 1.29 is 4.79 Å². The minimum atomic E-state index is -0.468. The maximum Gasteiger partial charge on any atom is 0.251 e. The molecule has 1 aliphatic rings. The van der Waals surface area contributed by atoms with Gasteiger partial charge in [0.2, 0.25) is 0 Å². The van der Waals surface area contributed by atoms with Gasteiger partial charge in [0.05, 0.1) is 10.6 Å². The van der Waals surface area contributed by atoms with Gasteiger partial charge in [0.1, 0.15) is 0 Å². The van der Waals surface area contributed by atoms with E-state index in [1.807, 2.05) is 0 Å². The summed E-state index contributed by atoms with van der Waals surface area (Å²) < 4.78 is 0. The molecule has 3 nitrogen and oxygen atoms in total. The van der Waals surface area contributed by atoms with Crippen LogP contribution in [-0.4, -0.2) is 5.91 Å². The number of anilines is 1. The van der Waals surface area contributed by atoms with E-state index in [-0.39, 0.29) is 0 Å². The number of thiophene rings is 1. The molecule has 2 aromatic rings. The van der Waals surface area contributed by atoms with Crippen LogP contribution in [0.1, 0.15) is 34.7 Å². The largest absolute Gasteiger partial charge is 0.390 e. The molecular formula is C14H14N2OS. The van der Waals surface area contributed by atoms with Gasteiger partial charge < -0.3 is 11.5 Å². The van der Waals surface area contributed by atoms with Gasteiger partial charge in [0, 0.05) is 4.88 Å². The quantitative estimate of drug-likeness (QED) is 0.888. The summed E-state index contributed by atoms with van der Waals surface area (Å²) in [6, 6.07) is 10.3. The van der Waals surface area contributed by atoms with Crippen LogP contribution in [0.4, 0.5) is 5.00 Å². The Morgan fingerprint density at radius 2 is 1.89 bits per heavy atom. The monoisotopic (exact) mass is 258 g/mol. The number of nitrogens with two attached hydrogens (primary N) is 2. The van der Waals surface area contributed by atoms with E-state index in [1.54, 1.807) is 6.07 Å². The molecule has 1 heterocycles. The molecule has 1 aromatic heterocycles. The van der Waals surface area contributed by atoms with Crippen molar-refractivity contribution in [3.8, 4) is 10.4 Å². The smallest absolute Gasteiger partial charge is 0.251 e. The number of nitrogen functional groups attached to an aromatic ring is 1. The molecule has 0 unspecified atom stereocenters. The summed E-state index contributed by atoms with van der Waals surface area (Å²) in [5, 5.41) is 0.490. The Morgan fingerprint density at radius 1 is 1.22 bits per heavy atom. The summed E-state index contributed by atoms with van der Waals surface area (Å²) in [7, 11) is 0. The Hall–Kier alpha value is -1.81. The van der Waals surface area contributed by atoms with Crippen molar-refractivity contribution in [2.75, 3.05) is 5.73 Å². The molecule has 18 heavy (non-hydrogen) atoms. The Kier molecular flexibility index (Phi) is 2.59. The number of rotatable bonds is 3. The molecule has 4 N–H and O–H groups in total. The highest BCUT2D eigenvalue weighted by Crippen LogP contribution is 2.41. The van der Waals surface area contributed by atoms with E-state index in [1.165, 1.54) is 29.7 Å². The van der Waals surface area contributed by atoms with Crippen molar-refractivity contribution in [1.82, 2.24) is 0 Å². The van der Waals surface area contributed by atoms with Crippen LogP contribution >= 0.6 is 11.3 Å². The third-order valence-electron chi connectivity index (χ3n) is 3.27. The van der Waals surface area contributed by atoms with E-state index in [0.29, 0.717) is 10.6 Å². The summed E-state index contributed by atoms with van der Waals surface area (Å²) >= 11 is 1.40. The fourth-order valence-corrected chi connectivity index (χ4v) is 3.01. The minimum absolute atomic E-state index is 0.418. The first-order valence-electron chi connectivity index (χ1n) is 5.94. The van der Waals surface area contributed by atoms with Crippen molar-refractivity contribution >= 4 is 22.2 Å². The lowest BCUT2D eigenvalue weighted by Crippen LogP contribution is -2.11. The van der Waals surface area contributed by atoms with Gasteiger partial charge in [0.15, 0.2) is 0 Å². The molecule has 0 bridgehead atoms. The van der Waals surface area contributed by atoms with E-state index >= 15 is 0 Å². The van der Waals surface area contributed by atoms with Gasteiger partial charge in [-0.15, -0.1) is 11.3 Å². The summed E-state index contributed by atoms with van der Waals surface area (Å²) in [6.45, 7) is 0. The van der Waals surface area contributed by atoms with Crippen molar-refractivity contribution in [3.05, 3.63) is 41.5 Å². The van der Waals surface area contributed by atoms with E-state index in [4.69, 9.17) is 11.5 Å². The number of primary amides is 1. The lowest BCUT2D eigenvalue weighted by molar-refractivity contribution is 0.100. The standard InChI is InChI=1S/C14H14N2OS/c15-13(17)11-7-12(18-14(11)16)10-5-3-9(4-6-10)8-1-2-8/h3-8H,1-2,16H2,(H2,15,17). The van der Waals surface area contributed by atoms with Gasteiger partial charge in [-0.2, -0.15) is 0 Å². The summed E-state index contributed by atoms with van der Waals surface area (Å²) in [6.07, 6.45) is 2.61. The van der Waals surface area contributed by atoms with Crippen molar-refractivity contribution in [1.29, 1.82) is 0 Å². The number of hydrogen-bond acceptors (Lipinski definition) is 3. The lowest BCUT2D eigenvalue weighted by atomic mass is 10.1. The van der Waals surface area contributed by atoms with Gasteiger partial charge in [-0.05, 0) is 36.0 Å². The molecule has 4 heteroatoms. The topological polar surface area (TPSA) is 69.1 Å².